The molecule has 0 bridgehead atoms. The van der Waals surface area contributed by atoms with Gasteiger partial charge in [0, 0.05) is 13.0 Å². The minimum atomic E-state index is -0.562. The molecular weight excluding hydrogens is 457 g/mol. The summed E-state index contributed by atoms with van der Waals surface area (Å²) in [6.07, 6.45) is 9.29. The van der Waals surface area contributed by atoms with Crippen molar-refractivity contribution in [2.24, 2.45) is 40.4 Å². The first-order valence-corrected chi connectivity index (χ1v) is 13.9. The van der Waals surface area contributed by atoms with Crippen LogP contribution in [-0.4, -0.2) is 45.2 Å². The SMILES string of the molecule is COC[C@]12CC[C@@](C)(O)C[C@@H]1CC[C@H]1[C@@H]3CC[C@H](C(=O)Cn4nnc5cccc(F)c54)[C@@]3(C)CC[C@@H]12. The van der Waals surface area contributed by atoms with Crippen molar-refractivity contribution in [1.29, 1.82) is 0 Å². The molecule has 4 saturated carbocycles. The molecule has 0 saturated heterocycles. The zero-order chi connectivity index (χ0) is 25.3. The van der Waals surface area contributed by atoms with E-state index in [0.29, 0.717) is 34.7 Å². The van der Waals surface area contributed by atoms with E-state index in [1.165, 1.54) is 17.2 Å². The number of methoxy groups -OCH3 is 1. The van der Waals surface area contributed by atoms with Crippen LogP contribution in [-0.2, 0) is 16.1 Å². The highest BCUT2D eigenvalue weighted by Gasteiger charge is 2.63. The number of Topliss-reactive ketones (excluding diaryl/α,β-unsaturated/α-hetero) is 1. The van der Waals surface area contributed by atoms with Crippen molar-refractivity contribution in [3.8, 4) is 0 Å². The Morgan fingerprint density at radius 1 is 1.14 bits per heavy atom. The van der Waals surface area contributed by atoms with Gasteiger partial charge in [-0.05, 0) is 111 Å². The summed E-state index contributed by atoms with van der Waals surface area (Å²) in [4.78, 5) is 13.7. The van der Waals surface area contributed by atoms with E-state index < -0.39 is 5.60 Å². The Morgan fingerprint density at radius 2 is 1.97 bits per heavy atom. The van der Waals surface area contributed by atoms with Crippen LogP contribution in [0, 0.1) is 46.2 Å². The predicted molar refractivity (Wildman–Crippen MR) is 135 cm³/mol. The molecule has 1 aromatic heterocycles. The lowest BCUT2D eigenvalue weighted by Crippen LogP contribution is -2.58. The Morgan fingerprint density at radius 3 is 2.78 bits per heavy atom. The van der Waals surface area contributed by atoms with Crippen LogP contribution in [0.15, 0.2) is 18.2 Å². The second-order valence-electron chi connectivity index (χ2n) is 13.0. The normalized spacial score (nSPS) is 42.1. The highest BCUT2D eigenvalue weighted by atomic mass is 19.1. The van der Waals surface area contributed by atoms with E-state index in [-0.39, 0.29) is 34.9 Å². The molecule has 1 heterocycles. The molecule has 196 valence electrons. The van der Waals surface area contributed by atoms with E-state index in [1.807, 2.05) is 14.0 Å². The Kier molecular flexibility index (Phi) is 5.84. The molecule has 4 fully saturated rings. The molecule has 7 heteroatoms. The second kappa shape index (κ2) is 8.59. The van der Waals surface area contributed by atoms with Gasteiger partial charge in [0.25, 0.3) is 0 Å². The van der Waals surface area contributed by atoms with Crippen molar-refractivity contribution >= 4 is 16.8 Å². The Labute approximate surface area is 213 Å². The molecule has 0 aliphatic heterocycles. The maximum atomic E-state index is 14.5. The quantitative estimate of drug-likeness (QED) is 0.616. The van der Waals surface area contributed by atoms with Gasteiger partial charge in [-0.25, -0.2) is 9.07 Å². The van der Waals surface area contributed by atoms with E-state index in [1.54, 1.807) is 12.1 Å². The van der Waals surface area contributed by atoms with E-state index in [2.05, 4.69) is 17.2 Å². The van der Waals surface area contributed by atoms with Gasteiger partial charge < -0.3 is 9.84 Å². The summed E-state index contributed by atoms with van der Waals surface area (Å²) >= 11 is 0. The number of ether oxygens (including phenoxy) is 1. The number of halogens is 1. The van der Waals surface area contributed by atoms with Crippen molar-refractivity contribution < 1.29 is 19.0 Å². The Hall–Kier alpha value is -1.86. The summed E-state index contributed by atoms with van der Waals surface area (Å²) in [5.41, 5.74) is 0.385. The van der Waals surface area contributed by atoms with Crippen molar-refractivity contribution in [3.63, 3.8) is 0 Å². The van der Waals surface area contributed by atoms with Crippen molar-refractivity contribution in [2.75, 3.05) is 13.7 Å². The summed E-state index contributed by atoms with van der Waals surface area (Å²) in [5.74, 6) is 2.04. The summed E-state index contributed by atoms with van der Waals surface area (Å²) in [7, 11) is 1.83. The van der Waals surface area contributed by atoms with Crippen LogP contribution in [0.3, 0.4) is 0 Å². The van der Waals surface area contributed by atoms with Crippen LogP contribution in [0.4, 0.5) is 4.39 Å². The first-order valence-electron chi connectivity index (χ1n) is 13.9. The van der Waals surface area contributed by atoms with Gasteiger partial charge in [0.05, 0.1) is 12.2 Å². The third-order valence-corrected chi connectivity index (χ3v) is 11.2. The molecule has 1 aromatic carbocycles. The molecule has 4 aliphatic carbocycles. The lowest BCUT2D eigenvalue weighted by atomic mass is 9.43. The van der Waals surface area contributed by atoms with Gasteiger partial charge in [0.2, 0.25) is 0 Å². The van der Waals surface area contributed by atoms with Crippen LogP contribution in [0.1, 0.15) is 71.6 Å². The van der Waals surface area contributed by atoms with E-state index in [9.17, 15) is 14.3 Å². The van der Waals surface area contributed by atoms with Crippen molar-refractivity contribution in [3.05, 3.63) is 24.0 Å². The maximum absolute atomic E-state index is 14.5. The van der Waals surface area contributed by atoms with Crippen molar-refractivity contribution in [1.82, 2.24) is 15.0 Å². The number of rotatable bonds is 5. The van der Waals surface area contributed by atoms with Gasteiger partial charge >= 0.3 is 0 Å². The fourth-order valence-electron chi connectivity index (χ4n) is 9.67. The molecule has 0 spiro atoms. The Balaban J connectivity index is 1.24. The molecule has 6 rings (SSSR count). The second-order valence-corrected chi connectivity index (χ2v) is 13.0. The number of hydrogen-bond donors (Lipinski definition) is 1. The molecule has 1 N–H and O–H groups in total. The van der Waals surface area contributed by atoms with Crippen LogP contribution in [0.2, 0.25) is 0 Å². The molecule has 2 aromatic rings. The van der Waals surface area contributed by atoms with E-state index >= 15 is 0 Å². The lowest BCUT2D eigenvalue weighted by Gasteiger charge is -2.62. The number of carbonyl (C=O) groups is 1. The molecule has 0 radical (unpaired) electrons. The summed E-state index contributed by atoms with van der Waals surface area (Å²) in [6, 6.07) is 4.76. The van der Waals surface area contributed by atoms with Gasteiger partial charge in [-0.2, -0.15) is 0 Å². The number of para-hydroxylation sites is 1. The lowest BCUT2D eigenvalue weighted by molar-refractivity contribution is -0.175. The first kappa shape index (κ1) is 24.5. The van der Waals surface area contributed by atoms with Crippen LogP contribution in [0.25, 0.3) is 11.0 Å². The molecule has 6 nitrogen and oxygen atoms in total. The monoisotopic (exact) mass is 497 g/mol. The minimum Gasteiger partial charge on any atom is -0.390 e. The Bertz CT molecular complexity index is 1160. The maximum Gasteiger partial charge on any atom is 0.157 e. The molecule has 36 heavy (non-hydrogen) atoms. The van der Waals surface area contributed by atoms with Gasteiger partial charge in [0.15, 0.2) is 11.6 Å². The third kappa shape index (κ3) is 3.59. The summed E-state index contributed by atoms with van der Waals surface area (Å²) in [6.45, 7) is 5.23. The molecule has 0 unspecified atom stereocenters. The number of ketones is 1. The average Bonchev–Trinajstić information content (AvgIpc) is 3.40. The highest BCUT2D eigenvalue weighted by Crippen LogP contribution is 2.68. The number of benzene rings is 1. The van der Waals surface area contributed by atoms with Gasteiger partial charge in [-0.3, -0.25) is 4.79 Å². The standard InChI is InChI=1S/C29H40FN3O3/c1-27(35)13-14-29(17-36-3)18(15-27)7-8-19-20-9-10-22(28(20,2)12-11-21(19)29)25(34)16-33-26-23(30)5-4-6-24(26)31-32-33/h4-6,18-22,35H,7-17H2,1-3H3/t18-,19-,20-,21-,22+,27+,28-,29+/m0/s1. The fraction of sp³-hybridized carbons (Fsp3) is 0.759. The first-order chi connectivity index (χ1) is 17.2. The minimum absolute atomic E-state index is 0.0161. The molecule has 8 atom stereocenters. The number of carbonyl (C=O) groups excluding carboxylic acids is 1. The molecule has 4 aliphatic rings. The largest absolute Gasteiger partial charge is 0.390 e. The number of fused-ring (bicyclic) bond motifs is 6. The topological polar surface area (TPSA) is 77.2 Å². The molecule has 0 amide bonds. The van der Waals surface area contributed by atoms with Gasteiger partial charge in [-0.15, -0.1) is 5.10 Å². The van der Waals surface area contributed by atoms with E-state index in [0.717, 1.165) is 58.0 Å². The number of aliphatic hydroxyl groups is 1. The summed E-state index contributed by atoms with van der Waals surface area (Å²) < 4.78 is 21.8. The number of aromatic nitrogens is 3. The smallest absolute Gasteiger partial charge is 0.157 e. The van der Waals surface area contributed by atoms with Crippen LogP contribution >= 0.6 is 0 Å². The van der Waals surface area contributed by atoms with E-state index in [4.69, 9.17) is 4.74 Å². The predicted octanol–water partition coefficient (Wildman–Crippen LogP) is 5.18. The number of nitrogens with zero attached hydrogens (tertiary/aromatic N) is 3. The fourth-order valence-corrected chi connectivity index (χ4v) is 9.67. The van der Waals surface area contributed by atoms with Gasteiger partial charge in [0.1, 0.15) is 17.6 Å². The zero-order valence-corrected chi connectivity index (χ0v) is 21.9. The zero-order valence-electron chi connectivity index (χ0n) is 21.9. The number of hydrogen-bond acceptors (Lipinski definition) is 5. The average molecular weight is 498 g/mol. The highest BCUT2D eigenvalue weighted by molar-refractivity contribution is 5.84. The van der Waals surface area contributed by atoms with Crippen LogP contribution < -0.4 is 0 Å². The van der Waals surface area contributed by atoms with Crippen LogP contribution in [0.5, 0.6) is 0 Å². The third-order valence-electron chi connectivity index (χ3n) is 11.2. The van der Waals surface area contributed by atoms with Gasteiger partial charge in [-0.1, -0.05) is 18.2 Å². The summed E-state index contributed by atoms with van der Waals surface area (Å²) in [5, 5.41) is 19.0. The van der Waals surface area contributed by atoms with Crippen molar-refractivity contribution in [2.45, 2.75) is 83.8 Å². The molecular formula is C29H40FN3O3.